The minimum absolute atomic E-state index is 0. The van der Waals surface area contributed by atoms with Crippen molar-refractivity contribution >= 4 is 45.7 Å². The van der Waals surface area contributed by atoms with Gasteiger partial charge >= 0.3 is 0 Å². The van der Waals surface area contributed by atoms with E-state index < -0.39 is 21.7 Å². The van der Waals surface area contributed by atoms with Gasteiger partial charge < -0.3 is 15.2 Å². The van der Waals surface area contributed by atoms with Crippen LogP contribution in [0.3, 0.4) is 0 Å². The van der Waals surface area contributed by atoms with Gasteiger partial charge in [-0.2, -0.15) is 0 Å². The van der Waals surface area contributed by atoms with Crippen molar-refractivity contribution in [1.29, 1.82) is 5.41 Å². The maximum absolute atomic E-state index is 13.2. The first-order valence-corrected chi connectivity index (χ1v) is 9.40. The minimum atomic E-state index is -4.15. The standard InChI is InChI=1S/C17H18ClN3O5S.ClH/c1-9-6-13(26-3)15(8-12(9)25-2)27(23,24)14-7-10(4-5-11(14)18)16(22)21-17(19)20;/h4-8H,1-3H3,(H4,19,20,21,22);1H. The lowest BCUT2D eigenvalue weighted by Crippen LogP contribution is -2.35. The number of amides is 1. The molecule has 0 fully saturated rings. The summed E-state index contributed by atoms with van der Waals surface area (Å²) in [6.07, 6.45) is 0. The Kier molecular flexibility index (Phi) is 7.68. The number of sulfone groups is 1. The van der Waals surface area contributed by atoms with Crippen LogP contribution in [0.15, 0.2) is 40.1 Å². The van der Waals surface area contributed by atoms with Gasteiger partial charge in [0.15, 0.2) is 5.96 Å². The molecule has 0 unspecified atom stereocenters. The van der Waals surface area contributed by atoms with Crippen molar-refractivity contribution < 1.29 is 22.7 Å². The van der Waals surface area contributed by atoms with E-state index in [1.807, 2.05) is 0 Å². The SMILES string of the molecule is COc1cc(S(=O)(=O)c2cc(C(=O)NC(=N)N)ccc2Cl)c(OC)cc1C.Cl. The fourth-order valence-corrected chi connectivity index (χ4v) is 4.33. The second kappa shape index (κ2) is 9.13. The lowest BCUT2D eigenvalue weighted by atomic mass is 10.2. The second-order valence-corrected chi connectivity index (χ2v) is 7.78. The Bertz CT molecular complexity index is 1030. The third-order valence-corrected chi connectivity index (χ3v) is 5.96. The molecular formula is C17H19Cl2N3O5S. The molecule has 11 heteroatoms. The zero-order chi connectivity index (χ0) is 20.4. The predicted octanol–water partition coefficient (Wildman–Crippen LogP) is 2.54. The van der Waals surface area contributed by atoms with Crippen molar-refractivity contribution in [1.82, 2.24) is 5.32 Å². The van der Waals surface area contributed by atoms with Gasteiger partial charge in [0.1, 0.15) is 16.4 Å². The summed E-state index contributed by atoms with van der Waals surface area (Å²) in [7, 11) is -1.38. The number of benzene rings is 2. The minimum Gasteiger partial charge on any atom is -0.496 e. The molecule has 152 valence electrons. The fourth-order valence-electron chi connectivity index (χ4n) is 2.40. The summed E-state index contributed by atoms with van der Waals surface area (Å²) in [5.74, 6) is -0.827. The normalized spacial score (nSPS) is 10.6. The lowest BCUT2D eigenvalue weighted by Gasteiger charge is -2.15. The number of aryl methyl sites for hydroxylation is 1. The molecule has 0 aliphatic carbocycles. The van der Waals surface area contributed by atoms with Crippen LogP contribution in [0.2, 0.25) is 5.02 Å². The van der Waals surface area contributed by atoms with Crippen LogP contribution in [-0.2, 0) is 9.84 Å². The van der Waals surface area contributed by atoms with Crippen molar-refractivity contribution in [3.8, 4) is 11.5 Å². The average molecular weight is 448 g/mol. The van der Waals surface area contributed by atoms with Crippen LogP contribution in [-0.4, -0.2) is 34.5 Å². The zero-order valence-electron chi connectivity index (χ0n) is 15.2. The molecule has 0 spiro atoms. The van der Waals surface area contributed by atoms with Gasteiger partial charge in [-0.25, -0.2) is 8.42 Å². The molecule has 28 heavy (non-hydrogen) atoms. The molecule has 1 amide bonds. The molecular weight excluding hydrogens is 429 g/mol. The van der Waals surface area contributed by atoms with Crippen LogP contribution in [0.4, 0.5) is 0 Å². The van der Waals surface area contributed by atoms with Gasteiger partial charge in [-0.15, -0.1) is 12.4 Å². The number of hydrogen-bond acceptors (Lipinski definition) is 6. The summed E-state index contributed by atoms with van der Waals surface area (Å²) in [5.41, 5.74) is 5.80. The number of nitrogens with one attached hydrogen (secondary N) is 2. The largest absolute Gasteiger partial charge is 0.496 e. The van der Waals surface area contributed by atoms with E-state index in [0.29, 0.717) is 11.3 Å². The van der Waals surface area contributed by atoms with Crippen LogP contribution >= 0.6 is 24.0 Å². The maximum Gasteiger partial charge on any atom is 0.257 e. The third kappa shape index (κ3) is 4.67. The number of ether oxygens (including phenoxy) is 2. The summed E-state index contributed by atoms with van der Waals surface area (Å²) in [6, 6.07) is 6.59. The number of guanidine groups is 1. The number of hydrogen-bond donors (Lipinski definition) is 3. The van der Waals surface area contributed by atoms with Crippen LogP contribution in [0, 0.1) is 12.3 Å². The van der Waals surface area contributed by atoms with Gasteiger partial charge in [-0.05, 0) is 36.8 Å². The van der Waals surface area contributed by atoms with E-state index in [-0.39, 0.29) is 38.5 Å². The number of methoxy groups -OCH3 is 2. The highest BCUT2D eigenvalue weighted by molar-refractivity contribution is 7.91. The Labute approximate surface area is 173 Å². The Balaban J connectivity index is 0.00000392. The molecule has 8 nitrogen and oxygen atoms in total. The van der Waals surface area contributed by atoms with Crippen molar-refractivity contribution in [2.75, 3.05) is 14.2 Å². The first kappa shape index (κ1) is 23.5. The number of halogens is 2. The third-order valence-electron chi connectivity index (χ3n) is 3.70. The Hall–Kier alpha value is -2.49. The van der Waals surface area contributed by atoms with E-state index in [1.54, 1.807) is 6.92 Å². The monoisotopic (exact) mass is 447 g/mol. The van der Waals surface area contributed by atoms with Crippen molar-refractivity contribution in [2.24, 2.45) is 5.73 Å². The quantitative estimate of drug-likeness (QED) is 0.476. The van der Waals surface area contributed by atoms with E-state index in [0.717, 1.165) is 6.07 Å². The van der Waals surface area contributed by atoms with E-state index >= 15 is 0 Å². The van der Waals surface area contributed by atoms with Gasteiger partial charge in [0.05, 0.1) is 24.1 Å². The molecule has 0 saturated carbocycles. The van der Waals surface area contributed by atoms with Gasteiger partial charge in [0.2, 0.25) is 9.84 Å². The molecule has 0 aliphatic rings. The molecule has 0 atom stereocenters. The Morgan fingerprint density at radius 1 is 1.11 bits per heavy atom. The molecule has 2 aromatic rings. The summed E-state index contributed by atoms with van der Waals surface area (Å²) < 4.78 is 36.8. The predicted molar refractivity (Wildman–Crippen MR) is 108 cm³/mol. The van der Waals surface area contributed by atoms with Crippen LogP contribution < -0.4 is 20.5 Å². The molecule has 0 saturated heterocycles. The molecule has 0 aromatic heterocycles. The molecule has 0 heterocycles. The van der Waals surface area contributed by atoms with Gasteiger partial charge in [-0.3, -0.25) is 15.5 Å². The van der Waals surface area contributed by atoms with Gasteiger partial charge in [0.25, 0.3) is 5.91 Å². The highest BCUT2D eigenvalue weighted by Gasteiger charge is 2.27. The molecule has 4 N–H and O–H groups in total. The number of carbonyl (C=O) groups excluding carboxylic acids is 1. The Morgan fingerprint density at radius 2 is 1.71 bits per heavy atom. The summed E-state index contributed by atoms with van der Waals surface area (Å²) in [5, 5.41) is 9.13. The summed E-state index contributed by atoms with van der Waals surface area (Å²) in [6.45, 7) is 1.75. The highest BCUT2D eigenvalue weighted by atomic mass is 35.5. The lowest BCUT2D eigenvalue weighted by molar-refractivity contribution is 0.0976. The van der Waals surface area contributed by atoms with E-state index in [4.69, 9.17) is 32.2 Å². The molecule has 2 rings (SSSR count). The van der Waals surface area contributed by atoms with Crippen LogP contribution in [0.1, 0.15) is 15.9 Å². The summed E-state index contributed by atoms with van der Waals surface area (Å²) >= 11 is 6.09. The Morgan fingerprint density at radius 3 is 2.25 bits per heavy atom. The van der Waals surface area contributed by atoms with E-state index in [9.17, 15) is 13.2 Å². The van der Waals surface area contributed by atoms with E-state index in [1.165, 1.54) is 38.5 Å². The van der Waals surface area contributed by atoms with E-state index in [2.05, 4.69) is 5.32 Å². The van der Waals surface area contributed by atoms with Crippen molar-refractivity contribution in [3.05, 3.63) is 46.5 Å². The van der Waals surface area contributed by atoms with Crippen LogP contribution in [0.25, 0.3) is 0 Å². The summed E-state index contributed by atoms with van der Waals surface area (Å²) in [4.78, 5) is 11.6. The zero-order valence-corrected chi connectivity index (χ0v) is 17.6. The van der Waals surface area contributed by atoms with Crippen molar-refractivity contribution in [2.45, 2.75) is 16.7 Å². The second-order valence-electron chi connectivity index (χ2n) is 5.49. The van der Waals surface area contributed by atoms with Gasteiger partial charge in [0, 0.05) is 11.6 Å². The number of nitrogens with two attached hydrogens (primary N) is 1. The van der Waals surface area contributed by atoms with Crippen LogP contribution in [0.5, 0.6) is 11.5 Å². The molecule has 0 radical (unpaired) electrons. The van der Waals surface area contributed by atoms with Gasteiger partial charge in [-0.1, -0.05) is 11.6 Å². The average Bonchev–Trinajstić information content (AvgIpc) is 2.60. The fraction of sp³-hybridized carbons (Fsp3) is 0.176. The highest BCUT2D eigenvalue weighted by Crippen LogP contribution is 2.37. The maximum atomic E-state index is 13.2. The number of rotatable bonds is 5. The van der Waals surface area contributed by atoms with Crippen molar-refractivity contribution in [3.63, 3.8) is 0 Å². The first-order chi connectivity index (χ1) is 12.6. The smallest absolute Gasteiger partial charge is 0.257 e. The first-order valence-electron chi connectivity index (χ1n) is 7.54. The molecule has 0 bridgehead atoms. The molecule has 2 aromatic carbocycles. The number of carbonyl (C=O) groups is 1. The topological polar surface area (TPSA) is 132 Å². The molecule has 0 aliphatic heterocycles.